The topological polar surface area (TPSA) is 97.7 Å². The lowest BCUT2D eigenvalue weighted by molar-refractivity contribution is -0.139. The number of halogens is 4. The smallest absolute Gasteiger partial charge is 0.423 e. The zero-order valence-corrected chi connectivity index (χ0v) is 22.4. The molecule has 38 heavy (non-hydrogen) atoms. The molecular weight excluding hydrogens is 527 g/mol. The Kier molecular flexibility index (Phi) is 12.3. The highest BCUT2D eigenvalue weighted by Gasteiger charge is 2.38. The van der Waals surface area contributed by atoms with E-state index >= 15 is 0 Å². The first-order valence-electron chi connectivity index (χ1n) is 12.4. The third-order valence-electron chi connectivity index (χ3n) is 6.24. The van der Waals surface area contributed by atoms with Gasteiger partial charge in [-0.2, -0.15) is 18.3 Å². The van der Waals surface area contributed by atoms with Gasteiger partial charge in [0.25, 0.3) is 5.56 Å². The molecule has 1 amide bonds. The third-order valence-corrected chi connectivity index (χ3v) is 6.24. The maximum Gasteiger partial charge on any atom is 0.423 e. The number of likely N-dealkylation sites (N-methyl/N-ethyl adjacent to an activating group) is 1. The molecule has 1 aromatic carbocycles. The summed E-state index contributed by atoms with van der Waals surface area (Å²) in [5.41, 5.74) is -2.30. The van der Waals surface area contributed by atoms with Gasteiger partial charge >= 0.3 is 6.18 Å². The summed E-state index contributed by atoms with van der Waals surface area (Å²) in [4.78, 5) is 27.0. The van der Waals surface area contributed by atoms with E-state index in [-0.39, 0.29) is 56.3 Å². The molecule has 0 aliphatic carbocycles. The first-order chi connectivity index (χ1) is 17.7. The van der Waals surface area contributed by atoms with E-state index in [0.717, 1.165) is 36.8 Å². The molecule has 212 valence electrons. The molecule has 1 aliphatic rings. The van der Waals surface area contributed by atoms with E-state index in [9.17, 15) is 22.8 Å². The maximum absolute atomic E-state index is 13.7. The number of carbonyl (C=O) groups is 1. The highest BCUT2D eigenvalue weighted by molar-refractivity contribution is 5.85. The van der Waals surface area contributed by atoms with Gasteiger partial charge in [0.15, 0.2) is 0 Å². The number of rotatable bonds is 12. The van der Waals surface area contributed by atoms with E-state index in [1.165, 1.54) is 7.11 Å². The van der Waals surface area contributed by atoms with Crippen molar-refractivity contribution in [3.63, 3.8) is 0 Å². The van der Waals surface area contributed by atoms with Crippen LogP contribution in [0.3, 0.4) is 0 Å². The number of ether oxygens (including phenoxy) is 2. The standard InChI is InChI=1S/C25H34F3N5O4.ClH/c1-3-32(19-9-12-29-13-10-19)22(34)17-37-14-4-11-30-21-15-31-33(24(35)23(21)25(26,27)28)16-18-5-7-20(36-2)8-6-18;/h5-8,15,19,29-30H,3-4,9-14,16-17H2,1-2H3;1H. The van der Waals surface area contributed by atoms with Gasteiger partial charge in [0.1, 0.15) is 17.9 Å². The minimum absolute atomic E-state index is 0. The minimum Gasteiger partial charge on any atom is -0.497 e. The van der Waals surface area contributed by atoms with Gasteiger partial charge < -0.3 is 25.0 Å². The number of methoxy groups -OCH3 is 1. The number of aromatic nitrogens is 2. The quantitative estimate of drug-likeness (QED) is 0.384. The molecule has 0 atom stereocenters. The lowest BCUT2D eigenvalue weighted by atomic mass is 10.0. The van der Waals surface area contributed by atoms with Gasteiger partial charge in [-0.1, -0.05) is 12.1 Å². The molecule has 1 fully saturated rings. The number of hydrogen-bond acceptors (Lipinski definition) is 7. The second-order valence-corrected chi connectivity index (χ2v) is 8.74. The van der Waals surface area contributed by atoms with Crippen LogP contribution in [0.4, 0.5) is 18.9 Å². The summed E-state index contributed by atoms with van der Waals surface area (Å²) >= 11 is 0. The van der Waals surface area contributed by atoms with E-state index in [0.29, 0.717) is 24.3 Å². The lowest BCUT2D eigenvalue weighted by Gasteiger charge is -2.33. The number of nitrogens with zero attached hydrogens (tertiary/aromatic N) is 3. The summed E-state index contributed by atoms with van der Waals surface area (Å²) in [7, 11) is 1.50. The van der Waals surface area contributed by atoms with E-state index in [1.54, 1.807) is 24.3 Å². The van der Waals surface area contributed by atoms with Crippen molar-refractivity contribution in [2.75, 3.05) is 51.8 Å². The molecule has 9 nitrogen and oxygen atoms in total. The summed E-state index contributed by atoms with van der Waals surface area (Å²) in [5, 5.41) is 9.84. The van der Waals surface area contributed by atoms with Crippen LogP contribution in [0.1, 0.15) is 37.3 Å². The van der Waals surface area contributed by atoms with Crippen LogP contribution in [0.25, 0.3) is 0 Å². The van der Waals surface area contributed by atoms with Gasteiger partial charge in [0, 0.05) is 25.7 Å². The van der Waals surface area contributed by atoms with Gasteiger partial charge in [0.2, 0.25) is 5.91 Å². The Hall–Kier alpha value is -2.83. The predicted octanol–water partition coefficient (Wildman–Crippen LogP) is 3.16. The third kappa shape index (κ3) is 8.60. The Balaban J connectivity index is 0.00000507. The molecular formula is C25H35ClF3N5O4. The van der Waals surface area contributed by atoms with Crippen molar-refractivity contribution in [3.8, 4) is 5.75 Å². The Bertz CT molecular complexity index is 1080. The molecule has 0 bridgehead atoms. The fourth-order valence-electron chi connectivity index (χ4n) is 4.31. The number of amides is 1. The van der Waals surface area contributed by atoms with Gasteiger partial charge in [-0.3, -0.25) is 9.59 Å². The Labute approximate surface area is 226 Å². The average molecular weight is 562 g/mol. The van der Waals surface area contributed by atoms with Crippen LogP contribution >= 0.6 is 12.4 Å². The molecule has 0 spiro atoms. The molecule has 2 heterocycles. The van der Waals surface area contributed by atoms with E-state index < -0.39 is 17.3 Å². The largest absolute Gasteiger partial charge is 0.497 e. The normalized spacial score (nSPS) is 14.0. The first kappa shape index (κ1) is 31.4. The zero-order chi connectivity index (χ0) is 26.8. The molecule has 0 radical (unpaired) electrons. The number of alkyl halides is 3. The number of benzene rings is 1. The van der Waals surface area contributed by atoms with Crippen molar-refractivity contribution < 1.29 is 27.4 Å². The van der Waals surface area contributed by atoms with Crippen LogP contribution in [0.2, 0.25) is 0 Å². The number of anilines is 1. The Morgan fingerprint density at radius 1 is 1.24 bits per heavy atom. The summed E-state index contributed by atoms with van der Waals surface area (Å²) in [5.74, 6) is 0.503. The fourth-order valence-corrected chi connectivity index (χ4v) is 4.31. The van der Waals surface area contributed by atoms with Crippen LogP contribution in [0.5, 0.6) is 5.75 Å². The number of piperidine rings is 1. The summed E-state index contributed by atoms with van der Waals surface area (Å²) in [6.45, 7) is 4.41. The van der Waals surface area contributed by atoms with Crippen LogP contribution in [-0.4, -0.2) is 73.1 Å². The van der Waals surface area contributed by atoms with E-state index in [2.05, 4.69) is 15.7 Å². The first-order valence-corrected chi connectivity index (χ1v) is 12.4. The SMILES string of the molecule is CCN(C(=O)COCCCNc1cnn(Cc2ccc(OC)cc2)c(=O)c1C(F)(F)F)C1CCNCC1.Cl. The molecule has 2 aromatic rings. The van der Waals surface area contributed by atoms with Crippen LogP contribution < -0.4 is 20.9 Å². The second kappa shape index (κ2) is 14.9. The molecule has 1 saturated heterocycles. The van der Waals surface area contributed by atoms with Crippen molar-refractivity contribution >= 4 is 24.0 Å². The Morgan fingerprint density at radius 2 is 1.92 bits per heavy atom. The van der Waals surface area contributed by atoms with Crippen LogP contribution in [-0.2, 0) is 22.3 Å². The number of carbonyl (C=O) groups excluding carboxylic acids is 1. The van der Waals surface area contributed by atoms with E-state index in [1.807, 2.05) is 11.8 Å². The zero-order valence-electron chi connectivity index (χ0n) is 21.6. The maximum atomic E-state index is 13.7. The van der Waals surface area contributed by atoms with Crippen molar-refractivity contribution in [2.24, 2.45) is 0 Å². The molecule has 3 rings (SSSR count). The molecule has 1 aliphatic heterocycles. The van der Waals surface area contributed by atoms with Crippen molar-refractivity contribution in [1.29, 1.82) is 0 Å². The van der Waals surface area contributed by atoms with Crippen molar-refractivity contribution in [2.45, 2.75) is 44.9 Å². The Morgan fingerprint density at radius 3 is 2.53 bits per heavy atom. The van der Waals surface area contributed by atoms with Gasteiger partial charge in [-0.05, 0) is 57.0 Å². The van der Waals surface area contributed by atoms with Crippen molar-refractivity contribution in [1.82, 2.24) is 20.0 Å². The number of hydrogen-bond donors (Lipinski definition) is 2. The lowest BCUT2D eigenvalue weighted by Crippen LogP contribution is -2.47. The minimum atomic E-state index is -4.86. The van der Waals surface area contributed by atoms with Crippen LogP contribution in [0.15, 0.2) is 35.3 Å². The average Bonchev–Trinajstić information content (AvgIpc) is 2.88. The molecule has 1 aromatic heterocycles. The summed E-state index contributed by atoms with van der Waals surface area (Å²) in [6, 6.07) is 6.82. The highest BCUT2D eigenvalue weighted by Crippen LogP contribution is 2.31. The summed E-state index contributed by atoms with van der Waals surface area (Å²) < 4.78 is 52.5. The second-order valence-electron chi connectivity index (χ2n) is 8.74. The number of nitrogens with one attached hydrogen (secondary N) is 2. The molecule has 0 unspecified atom stereocenters. The van der Waals surface area contributed by atoms with Gasteiger partial charge in [0.05, 0.1) is 25.5 Å². The predicted molar refractivity (Wildman–Crippen MR) is 140 cm³/mol. The van der Waals surface area contributed by atoms with Crippen LogP contribution in [0, 0.1) is 0 Å². The van der Waals surface area contributed by atoms with Gasteiger partial charge in [-0.25, -0.2) is 4.68 Å². The fraction of sp³-hybridized carbons (Fsp3) is 0.560. The van der Waals surface area contributed by atoms with Crippen molar-refractivity contribution in [3.05, 3.63) is 51.9 Å². The molecule has 0 saturated carbocycles. The monoisotopic (exact) mass is 561 g/mol. The molecule has 2 N–H and O–H groups in total. The summed E-state index contributed by atoms with van der Waals surface area (Å²) in [6.07, 6.45) is -1.70. The van der Waals surface area contributed by atoms with E-state index in [4.69, 9.17) is 9.47 Å². The molecule has 13 heteroatoms. The van der Waals surface area contributed by atoms with Gasteiger partial charge in [-0.15, -0.1) is 12.4 Å². The highest BCUT2D eigenvalue weighted by atomic mass is 35.5.